The lowest BCUT2D eigenvalue weighted by Gasteiger charge is -2.16. The van der Waals surface area contributed by atoms with Crippen LogP contribution in [0.3, 0.4) is 0 Å². The number of esters is 1. The van der Waals surface area contributed by atoms with E-state index in [1.54, 1.807) is 12.1 Å². The Balaban J connectivity index is 1.78. The minimum absolute atomic E-state index is 0.0381. The molecule has 8 heteroatoms. The van der Waals surface area contributed by atoms with Crippen molar-refractivity contribution in [1.82, 2.24) is 10.3 Å². The van der Waals surface area contributed by atoms with Crippen LogP contribution in [-0.2, 0) is 27.5 Å². The predicted molar refractivity (Wildman–Crippen MR) is 88.9 cm³/mol. The van der Waals surface area contributed by atoms with Crippen molar-refractivity contribution in [2.45, 2.75) is 17.9 Å². The fourth-order valence-electron chi connectivity index (χ4n) is 2.62. The third-order valence-electron chi connectivity index (χ3n) is 3.86. The monoisotopic (exact) mass is 360 g/mol. The van der Waals surface area contributed by atoms with Crippen LogP contribution in [0.4, 0.5) is 0 Å². The average Bonchev–Trinajstić information content (AvgIpc) is 2.59. The van der Waals surface area contributed by atoms with Gasteiger partial charge in [0.05, 0.1) is 29.3 Å². The van der Waals surface area contributed by atoms with E-state index in [0.29, 0.717) is 24.2 Å². The summed E-state index contributed by atoms with van der Waals surface area (Å²) in [7, 11) is -3.44. The lowest BCUT2D eigenvalue weighted by Crippen LogP contribution is -2.25. The van der Waals surface area contributed by atoms with E-state index in [0.717, 1.165) is 11.8 Å². The number of fused-ring (bicyclic) bond motifs is 1. The quantitative estimate of drug-likeness (QED) is 0.820. The molecule has 0 radical (unpaired) electrons. The van der Waals surface area contributed by atoms with Crippen LogP contribution in [0, 0.1) is 0 Å². The number of rotatable bonds is 4. The van der Waals surface area contributed by atoms with Crippen LogP contribution in [0.1, 0.15) is 32.0 Å². The minimum atomic E-state index is -3.44. The van der Waals surface area contributed by atoms with E-state index in [9.17, 15) is 18.0 Å². The highest BCUT2D eigenvalue weighted by Gasteiger charge is 2.21. The number of carbonyl (C=O) groups is 2. The number of cyclic esters (lactones) is 1. The van der Waals surface area contributed by atoms with Crippen molar-refractivity contribution in [1.29, 1.82) is 0 Å². The van der Waals surface area contributed by atoms with E-state index < -0.39 is 21.7 Å². The van der Waals surface area contributed by atoms with Crippen molar-refractivity contribution in [3.63, 3.8) is 0 Å². The summed E-state index contributed by atoms with van der Waals surface area (Å²) in [5.74, 6) is -0.869. The second kappa shape index (κ2) is 6.64. The van der Waals surface area contributed by atoms with Gasteiger partial charge in [-0.25, -0.2) is 13.2 Å². The summed E-state index contributed by atoms with van der Waals surface area (Å²) < 4.78 is 28.5. The number of aromatic nitrogens is 1. The van der Waals surface area contributed by atoms with Crippen LogP contribution in [0.25, 0.3) is 0 Å². The van der Waals surface area contributed by atoms with E-state index in [1.165, 1.54) is 24.4 Å². The Kier molecular flexibility index (Phi) is 4.54. The Morgan fingerprint density at radius 2 is 2.12 bits per heavy atom. The highest BCUT2D eigenvalue weighted by Crippen LogP contribution is 2.19. The number of sulfone groups is 1. The first-order chi connectivity index (χ1) is 11.9. The number of hydrogen-bond donors (Lipinski definition) is 1. The number of amides is 1. The van der Waals surface area contributed by atoms with Crippen molar-refractivity contribution in [2.75, 3.05) is 12.9 Å². The zero-order chi connectivity index (χ0) is 18.0. The second-order valence-corrected chi connectivity index (χ2v) is 7.65. The number of carbonyl (C=O) groups excluding carboxylic acids is 2. The van der Waals surface area contributed by atoms with Crippen LogP contribution in [0.15, 0.2) is 41.4 Å². The lowest BCUT2D eigenvalue weighted by molar-refractivity contribution is 0.0480. The molecule has 0 saturated carbocycles. The van der Waals surface area contributed by atoms with Crippen molar-refractivity contribution in [3.8, 4) is 0 Å². The van der Waals surface area contributed by atoms with E-state index in [-0.39, 0.29) is 17.1 Å². The molecule has 1 aliphatic heterocycles. The van der Waals surface area contributed by atoms with Gasteiger partial charge in [-0.1, -0.05) is 6.07 Å². The van der Waals surface area contributed by atoms with Gasteiger partial charge in [-0.3, -0.25) is 9.78 Å². The van der Waals surface area contributed by atoms with Gasteiger partial charge < -0.3 is 10.1 Å². The van der Waals surface area contributed by atoms with Gasteiger partial charge in [0.25, 0.3) is 5.91 Å². The molecule has 1 amide bonds. The summed E-state index contributed by atoms with van der Waals surface area (Å²) in [6.45, 7) is 0.301. The van der Waals surface area contributed by atoms with Crippen molar-refractivity contribution >= 4 is 21.7 Å². The fraction of sp³-hybridized carbons (Fsp3) is 0.235. The molecule has 0 atom stereocenters. The Bertz CT molecular complexity index is 953. The first-order valence-corrected chi connectivity index (χ1v) is 9.47. The highest BCUT2D eigenvalue weighted by atomic mass is 32.2. The molecule has 7 nitrogen and oxygen atoms in total. The van der Waals surface area contributed by atoms with E-state index in [2.05, 4.69) is 10.3 Å². The molecular weight excluding hydrogens is 344 g/mol. The maximum atomic E-state index is 12.3. The number of hydrogen-bond acceptors (Lipinski definition) is 6. The standard InChI is InChI=1S/C17H16N2O5S/c1-25(22,23)15-3-2-7-18-14(15)10-19-16(20)12-5-4-11-6-8-24-17(21)13(11)9-12/h2-5,7,9H,6,8,10H2,1H3,(H,19,20). The van der Waals surface area contributed by atoms with Crippen LogP contribution >= 0.6 is 0 Å². The third-order valence-corrected chi connectivity index (χ3v) is 5.03. The Labute approximate surface area is 145 Å². The molecule has 1 aliphatic rings. The first-order valence-electron chi connectivity index (χ1n) is 7.58. The van der Waals surface area contributed by atoms with Crippen LogP contribution in [0.2, 0.25) is 0 Å². The maximum absolute atomic E-state index is 12.3. The summed E-state index contributed by atoms with van der Waals surface area (Å²) in [4.78, 5) is 28.2. The number of ether oxygens (including phenoxy) is 1. The summed E-state index contributed by atoms with van der Waals surface area (Å²) >= 11 is 0. The summed E-state index contributed by atoms with van der Waals surface area (Å²) in [5, 5.41) is 2.63. The Morgan fingerprint density at radius 3 is 2.88 bits per heavy atom. The predicted octanol–water partition coefficient (Wildman–Crippen LogP) is 1.13. The summed E-state index contributed by atoms with van der Waals surface area (Å²) in [6, 6.07) is 7.81. The van der Waals surface area contributed by atoms with Gasteiger partial charge in [-0.05, 0) is 29.8 Å². The molecule has 0 aliphatic carbocycles. The smallest absolute Gasteiger partial charge is 0.338 e. The molecule has 25 heavy (non-hydrogen) atoms. The van der Waals surface area contributed by atoms with Gasteiger partial charge >= 0.3 is 5.97 Å². The van der Waals surface area contributed by atoms with Gasteiger partial charge in [0.2, 0.25) is 0 Å². The Hall–Kier alpha value is -2.74. The third kappa shape index (κ3) is 3.69. The molecule has 0 unspecified atom stereocenters. The molecule has 3 rings (SSSR count). The van der Waals surface area contributed by atoms with Crippen molar-refractivity contribution in [2.24, 2.45) is 0 Å². The molecule has 1 N–H and O–H groups in total. The molecule has 0 bridgehead atoms. The van der Waals surface area contributed by atoms with Crippen molar-refractivity contribution < 1.29 is 22.7 Å². The molecule has 1 aromatic heterocycles. The molecule has 2 heterocycles. The fourth-order valence-corrected chi connectivity index (χ4v) is 3.50. The lowest BCUT2D eigenvalue weighted by atomic mass is 9.99. The SMILES string of the molecule is CS(=O)(=O)c1cccnc1CNC(=O)c1ccc2c(c1)C(=O)OCC2. The van der Waals surface area contributed by atoms with Crippen LogP contribution < -0.4 is 5.32 Å². The second-order valence-electron chi connectivity index (χ2n) is 5.66. The van der Waals surface area contributed by atoms with Crippen LogP contribution in [0.5, 0.6) is 0 Å². The van der Waals surface area contributed by atoms with Gasteiger partial charge in [0.15, 0.2) is 9.84 Å². The normalized spacial score (nSPS) is 13.7. The van der Waals surface area contributed by atoms with Crippen molar-refractivity contribution in [3.05, 3.63) is 58.9 Å². The zero-order valence-corrected chi connectivity index (χ0v) is 14.3. The van der Waals surface area contributed by atoms with Gasteiger partial charge in [-0.2, -0.15) is 0 Å². The largest absolute Gasteiger partial charge is 0.462 e. The maximum Gasteiger partial charge on any atom is 0.338 e. The average molecular weight is 360 g/mol. The summed E-state index contributed by atoms with van der Waals surface area (Å²) in [5.41, 5.74) is 1.79. The molecule has 0 fully saturated rings. The molecule has 0 spiro atoms. The highest BCUT2D eigenvalue weighted by molar-refractivity contribution is 7.90. The topological polar surface area (TPSA) is 102 Å². The molecular formula is C17H16N2O5S. The van der Waals surface area contributed by atoms with Gasteiger partial charge in [0, 0.05) is 24.4 Å². The van der Waals surface area contributed by atoms with E-state index >= 15 is 0 Å². The van der Waals surface area contributed by atoms with E-state index in [1.807, 2.05) is 0 Å². The molecule has 0 saturated heterocycles. The zero-order valence-electron chi connectivity index (χ0n) is 13.5. The van der Waals surface area contributed by atoms with Gasteiger partial charge in [0.1, 0.15) is 0 Å². The minimum Gasteiger partial charge on any atom is -0.462 e. The van der Waals surface area contributed by atoms with Crippen LogP contribution in [-0.4, -0.2) is 38.1 Å². The first kappa shape index (κ1) is 17.1. The molecule has 2 aromatic rings. The van der Waals surface area contributed by atoms with Gasteiger partial charge in [-0.15, -0.1) is 0 Å². The number of nitrogens with zero attached hydrogens (tertiary/aromatic N) is 1. The summed E-state index contributed by atoms with van der Waals surface area (Å²) in [6.07, 6.45) is 3.17. The molecule has 1 aromatic carbocycles. The molecule has 130 valence electrons. The Morgan fingerprint density at radius 1 is 1.32 bits per heavy atom. The number of nitrogens with one attached hydrogen (secondary N) is 1. The van der Waals surface area contributed by atoms with E-state index in [4.69, 9.17) is 4.74 Å². The number of benzene rings is 1. The number of pyridine rings is 1.